The number of carbonyl (C=O) groups is 2. The fourth-order valence-electron chi connectivity index (χ4n) is 2.70. The zero-order valence-corrected chi connectivity index (χ0v) is 17.6. The number of halogens is 1. The first-order valence-electron chi connectivity index (χ1n) is 9.30. The van der Waals surface area contributed by atoms with E-state index in [9.17, 15) is 29.2 Å². The molecule has 0 heterocycles. The van der Waals surface area contributed by atoms with Crippen LogP contribution in [-0.2, 0) is 11.3 Å². The summed E-state index contributed by atoms with van der Waals surface area (Å²) in [7, 11) is 1.61. The Kier molecular flexibility index (Phi) is 7.12. The van der Waals surface area contributed by atoms with Crippen LogP contribution in [0.4, 0.5) is 14.9 Å². The molecule has 2 rings (SSSR count). The Labute approximate surface area is 178 Å². The standard InChI is InChI=1S/C22H23FN2O6/c1-22(2,3)31-21(28)24(4)13-15-7-5-14(6-8-15)9-10-17-18(20(26)27)11-16(23)12-19(17)25(29)30/h5-12H,13H2,1-4H3,(H,26,27)/b10-9+. The summed E-state index contributed by atoms with van der Waals surface area (Å²) in [5.41, 5.74) is -0.476. The van der Waals surface area contributed by atoms with Crippen LogP contribution >= 0.6 is 0 Å². The summed E-state index contributed by atoms with van der Waals surface area (Å²) in [5.74, 6) is -2.47. The summed E-state index contributed by atoms with van der Waals surface area (Å²) in [4.78, 5) is 35.3. The molecule has 1 amide bonds. The number of nitro groups is 1. The lowest BCUT2D eigenvalue weighted by Gasteiger charge is -2.24. The van der Waals surface area contributed by atoms with Gasteiger partial charge >= 0.3 is 12.1 Å². The molecule has 0 aliphatic carbocycles. The average Bonchev–Trinajstić information content (AvgIpc) is 2.65. The van der Waals surface area contributed by atoms with Gasteiger partial charge in [-0.15, -0.1) is 0 Å². The number of hydrogen-bond donors (Lipinski definition) is 1. The van der Waals surface area contributed by atoms with Gasteiger partial charge in [0.15, 0.2) is 0 Å². The molecule has 0 aromatic heterocycles. The van der Waals surface area contributed by atoms with Crippen molar-refractivity contribution in [3.05, 3.63) is 74.6 Å². The lowest BCUT2D eigenvalue weighted by Crippen LogP contribution is -2.33. The Bertz CT molecular complexity index is 990. The van der Waals surface area contributed by atoms with Crippen LogP contribution in [0.25, 0.3) is 12.2 Å². The maximum atomic E-state index is 13.6. The van der Waals surface area contributed by atoms with E-state index in [0.29, 0.717) is 18.2 Å². The number of amides is 1. The van der Waals surface area contributed by atoms with Gasteiger partial charge in [-0.3, -0.25) is 10.1 Å². The number of carbonyl (C=O) groups excluding carboxylic acids is 1. The predicted octanol–water partition coefficient (Wildman–Crippen LogP) is 4.97. The molecule has 0 aliphatic rings. The number of ether oxygens (including phenoxy) is 1. The Morgan fingerprint density at radius 2 is 1.81 bits per heavy atom. The number of rotatable bonds is 6. The fraction of sp³-hybridized carbons (Fsp3) is 0.273. The monoisotopic (exact) mass is 430 g/mol. The highest BCUT2D eigenvalue weighted by atomic mass is 19.1. The van der Waals surface area contributed by atoms with Crippen LogP contribution in [0.15, 0.2) is 36.4 Å². The average molecular weight is 430 g/mol. The van der Waals surface area contributed by atoms with Crippen molar-refractivity contribution >= 4 is 29.9 Å². The number of nitrogens with zero attached hydrogens (tertiary/aromatic N) is 2. The zero-order chi connectivity index (χ0) is 23.3. The second-order valence-electron chi connectivity index (χ2n) is 7.86. The van der Waals surface area contributed by atoms with E-state index in [0.717, 1.165) is 11.6 Å². The summed E-state index contributed by atoms with van der Waals surface area (Å²) < 4.78 is 18.9. The molecule has 0 spiro atoms. The minimum atomic E-state index is -1.47. The molecule has 1 N–H and O–H groups in total. The van der Waals surface area contributed by atoms with Crippen LogP contribution in [0.5, 0.6) is 0 Å². The van der Waals surface area contributed by atoms with E-state index in [1.807, 2.05) is 0 Å². The lowest BCUT2D eigenvalue weighted by atomic mass is 10.0. The number of nitro benzene ring substituents is 1. The van der Waals surface area contributed by atoms with Crippen LogP contribution in [0, 0.1) is 15.9 Å². The quantitative estimate of drug-likeness (QED) is 0.394. The van der Waals surface area contributed by atoms with Gasteiger partial charge < -0.3 is 14.7 Å². The van der Waals surface area contributed by atoms with Gasteiger partial charge in [-0.1, -0.05) is 30.3 Å². The Hall–Kier alpha value is -3.75. The topological polar surface area (TPSA) is 110 Å². The third-order valence-electron chi connectivity index (χ3n) is 4.10. The summed E-state index contributed by atoms with van der Waals surface area (Å²) in [6.07, 6.45) is 2.30. The van der Waals surface area contributed by atoms with Gasteiger partial charge in [0.05, 0.1) is 22.1 Å². The first-order chi connectivity index (χ1) is 14.4. The third kappa shape index (κ3) is 6.63. The summed E-state index contributed by atoms with van der Waals surface area (Å²) in [6.45, 7) is 5.65. The minimum absolute atomic E-state index is 0.201. The molecule has 164 valence electrons. The molecule has 2 aromatic carbocycles. The van der Waals surface area contributed by atoms with Gasteiger partial charge in [0.1, 0.15) is 11.4 Å². The van der Waals surface area contributed by atoms with E-state index in [2.05, 4.69) is 0 Å². The molecular formula is C22H23FN2O6. The number of hydrogen-bond acceptors (Lipinski definition) is 5. The van der Waals surface area contributed by atoms with Crippen molar-refractivity contribution in [1.82, 2.24) is 4.90 Å². The van der Waals surface area contributed by atoms with Gasteiger partial charge in [0, 0.05) is 13.6 Å². The predicted molar refractivity (Wildman–Crippen MR) is 113 cm³/mol. The van der Waals surface area contributed by atoms with Crippen molar-refractivity contribution < 1.29 is 28.7 Å². The van der Waals surface area contributed by atoms with E-state index < -0.39 is 39.7 Å². The van der Waals surface area contributed by atoms with Crippen LogP contribution < -0.4 is 0 Å². The highest BCUT2D eigenvalue weighted by molar-refractivity contribution is 5.95. The van der Waals surface area contributed by atoms with E-state index in [1.54, 1.807) is 52.1 Å². The number of carboxylic acid groups (broad SMARTS) is 1. The second kappa shape index (κ2) is 9.38. The first kappa shape index (κ1) is 23.5. The van der Waals surface area contributed by atoms with Gasteiger partial charge in [0.2, 0.25) is 0 Å². The molecule has 0 radical (unpaired) electrons. The third-order valence-corrected chi connectivity index (χ3v) is 4.10. The molecule has 0 aliphatic heterocycles. The first-order valence-corrected chi connectivity index (χ1v) is 9.30. The van der Waals surface area contributed by atoms with Crippen LogP contribution in [-0.4, -0.2) is 39.6 Å². The van der Waals surface area contributed by atoms with Gasteiger partial charge in [0.25, 0.3) is 5.69 Å². The largest absolute Gasteiger partial charge is 0.478 e. The molecule has 31 heavy (non-hydrogen) atoms. The van der Waals surface area contributed by atoms with Gasteiger partial charge in [-0.2, -0.15) is 0 Å². The van der Waals surface area contributed by atoms with Crippen molar-refractivity contribution in [3.8, 4) is 0 Å². The highest BCUT2D eigenvalue weighted by Gasteiger charge is 2.22. The fourth-order valence-corrected chi connectivity index (χ4v) is 2.70. The molecule has 2 aromatic rings. The number of aromatic carboxylic acids is 1. The molecule has 0 saturated heterocycles. The van der Waals surface area contributed by atoms with Crippen molar-refractivity contribution in [3.63, 3.8) is 0 Å². The molecule has 0 bridgehead atoms. The van der Waals surface area contributed by atoms with E-state index in [1.165, 1.54) is 17.1 Å². The second-order valence-corrected chi connectivity index (χ2v) is 7.86. The smallest absolute Gasteiger partial charge is 0.410 e. The zero-order valence-electron chi connectivity index (χ0n) is 17.6. The lowest BCUT2D eigenvalue weighted by molar-refractivity contribution is -0.385. The van der Waals surface area contributed by atoms with Crippen molar-refractivity contribution in [2.24, 2.45) is 0 Å². The van der Waals surface area contributed by atoms with Crippen LogP contribution in [0.1, 0.15) is 47.8 Å². The van der Waals surface area contributed by atoms with Gasteiger partial charge in [-0.05, 0) is 44.0 Å². The maximum Gasteiger partial charge on any atom is 0.410 e. The van der Waals surface area contributed by atoms with Crippen LogP contribution in [0.2, 0.25) is 0 Å². The Morgan fingerprint density at radius 1 is 1.19 bits per heavy atom. The summed E-state index contributed by atoms with van der Waals surface area (Å²) >= 11 is 0. The molecule has 0 atom stereocenters. The SMILES string of the molecule is CN(Cc1ccc(/C=C/c2c(C(=O)O)cc(F)cc2[N+](=O)[O-])cc1)C(=O)OC(C)(C)C. The van der Waals surface area contributed by atoms with Gasteiger partial charge in [-0.25, -0.2) is 14.0 Å². The Balaban J connectivity index is 2.21. The molecule has 0 unspecified atom stereocenters. The molecule has 8 nitrogen and oxygen atoms in total. The summed E-state index contributed by atoms with van der Waals surface area (Å²) in [6, 6.07) is 8.37. The van der Waals surface area contributed by atoms with Crippen molar-refractivity contribution in [1.29, 1.82) is 0 Å². The number of carboxylic acids is 1. The number of benzene rings is 2. The highest BCUT2D eigenvalue weighted by Crippen LogP contribution is 2.27. The molecule has 0 fully saturated rings. The van der Waals surface area contributed by atoms with Crippen molar-refractivity contribution in [2.45, 2.75) is 32.9 Å². The van der Waals surface area contributed by atoms with E-state index in [4.69, 9.17) is 4.74 Å². The molecule has 9 heteroatoms. The minimum Gasteiger partial charge on any atom is -0.478 e. The molecule has 0 saturated carbocycles. The Morgan fingerprint density at radius 3 is 2.32 bits per heavy atom. The van der Waals surface area contributed by atoms with Crippen LogP contribution in [0.3, 0.4) is 0 Å². The normalized spacial score (nSPS) is 11.4. The molecular weight excluding hydrogens is 407 g/mol. The van der Waals surface area contributed by atoms with E-state index >= 15 is 0 Å². The van der Waals surface area contributed by atoms with E-state index in [-0.39, 0.29) is 5.56 Å². The maximum absolute atomic E-state index is 13.6. The van der Waals surface area contributed by atoms with Crippen molar-refractivity contribution in [2.75, 3.05) is 7.05 Å². The summed E-state index contributed by atoms with van der Waals surface area (Å²) in [5, 5.41) is 20.5.